The minimum atomic E-state index is -5.12. The molecule has 4 rings (SSSR count). The third-order valence-electron chi connectivity index (χ3n) is 6.84. The summed E-state index contributed by atoms with van der Waals surface area (Å²) in [6.07, 6.45) is -13.1. The molecule has 18 heteroatoms. The maximum atomic E-state index is 13.9. The van der Waals surface area contributed by atoms with Crippen molar-refractivity contribution >= 4 is 11.9 Å². The molecule has 0 aliphatic heterocycles. The van der Waals surface area contributed by atoms with Crippen LogP contribution < -0.4 is 4.90 Å². The second kappa shape index (κ2) is 13.0. The van der Waals surface area contributed by atoms with E-state index in [0.717, 1.165) is 21.8 Å². The number of ether oxygens (including phenoxy) is 1. The Morgan fingerprint density at radius 3 is 2.00 bits per heavy atom. The van der Waals surface area contributed by atoms with Crippen LogP contribution in [0.5, 0.6) is 0 Å². The number of alkyl halides is 9. The van der Waals surface area contributed by atoms with E-state index in [-0.39, 0.29) is 41.8 Å². The summed E-state index contributed by atoms with van der Waals surface area (Å²) in [6, 6.07) is 3.84. The number of aryl methyl sites for hydroxylation is 3. The highest BCUT2D eigenvalue weighted by Gasteiger charge is 2.37. The predicted octanol–water partition coefficient (Wildman–Crippen LogP) is 6.46. The van der Waals surface area contributed by atoms with Gasteiger partial charge >= 0.3 is 24.5 Å². The number of esters is 1. The number of benzene rings is 2. The van der Waals surface area contributed by atoms with Crippen LogP contribution >= 0.6 is 0 Å². The van der Waals surface area contributed by atoms with Gasteiger partial charge in [0.1, 0.15) is 0 Å². The van der Waals surface area contributed by atoms with Crippen LogP contribution in [0.25, 0.3) is 11.3 Å². The number of methoxy groups -OCH3 is 1. The Labute approximate surface area is 255 Å². The largest absolute Gasteiger partial charge is 0.469 e. The van der Waals surface area contributed by atoms with Crippen LogP contribution in [0.3, 0.4) is 0 Å². The fraction of sp³-hybridized carbons (Fsp3) is 0.393. The first-order valence-electron chi connectivity index (χ1n) is 13.5. The maximum absolute atomic E-state index is 13.9. The molecule has 2 aromatic carbocycles. The van der Waals surface area contributed by atoms with Crippen LogP contribution in [0.15, 0.2) is 42.6 Å². The van der Waals surface area contributed by atoms with Crippen molar-refractivity contribution in [2.24, 2.45) is 7.05 Å². The Morgan fingerprint density at radius 2 is 1.48 bits per heavy atom. The van der Waals surface area contributed by atoms with E-state index in [1.54, 1.807) is 13.1 Å². The molecular weight excluding hydrogens is 637 g/mol. The number of aromatic nitrogens is 6. The highest BCUT2D eigenvalue weighted by atomic mass is 19.4. The van der Waals surface area contributed by atoms with E-state index in [4.69, 9.17) is 0 Å². The molecule has 0 saturated heterocycles. The van der Waals surface area contributed by atoms with Crippen molar-refractivity contribution in [1.82, 2.24) is 30.0 Å². The van der Waals surface area contributed by atoms with Crippen LogP contribution in [0.1, 0.15) is 46.7 Å². The van der Waals surface area contributed by atoms with Gasteiger partial charge < -0.3 is 9.64 Å². The quantitative estimate of drug-likeness (QED) is 0.142. The first-order chi connectivity index (χ1) is 21.4. The molecule has 0 unspecified atom stereocenters. The van der Waals surface area contributed by atoms with E-state index >= 15 is 0 Å². The molecule has 248 valence electrons. The lowest BCUT2D eigenvalue weighted by molar-refractivity contribution is -0.143. The number of tetrazole rings is 1. The molecule has 9 nitrogen and oxygen atoms in total. The molecule has 0 aliphatic rings. The summed E-state index contributed by atoms with van der Waals surface area (Å²) < 4.78 is 129. The van der Waals surface area contributed by atoms with Crippen LogP contribution in [0, 0.1) is 0 Å². The van der Waals surface area contributed by atoms with Crippen molar-refractivity contribution in [3.8, 4) is 11.3 Å². The number of hydrogen-bond acceptors (Lipinski definition) is 7. The monoisotopic (exact) mass is 663 g/mol. The molecule has 0 spiro atoms. The van der Waals surface area contributed by atoms with Gasteiger partial charge in [-0.05, 0) is 58.7 Å². The minimum Gasteiger partial charge on any atom is -0.469 e. The van der Waals surface area contributed by atoms with Gasteiger partial charge in [-0.1, -0.05) is 18.1 Å². The molecule has 0 saturated carbocycles. The minimum absolute atomic E-state index is 0.0257. The molecule has 4 aromatic rings. The van der Waals surface area contributed by atoms with E-state index in [0.29, 0.717) is 24.1 Å². The summed E-state index contributed by atoms with van der Waals surface area (Å²) in [5.41, 5.74) is -3.59. The van der Waals surface area contributed by atoms with Crippen LogP contribution in [0.2, 0.25) is 0 Å². The van der Waals surface area contributed by atoms with E-state index in [1.165, 1.54) is 24.9 Å². The second-order valence-electron chi connectivity index (χ2n) is 10.2. The van der Waals surface area contributed by atoms with Crippen molar-refractivity contribution in [1.29, 1.82) is 0 Å². The van der Waals surface area contributed by atoms with Gasteiger partial charge in [0.05, 0.1) is 49.5 Å². The molecule has 2 heterocycles. The normalized spacial score (nSPS) is 12.4. The fourth-order valence-corrected chi connectivity index (χ4v) is 4.64. The molecule has 0 fully saturated rings. The second-order valence-corrected chi connectivity index (χ2v) is 10.2. The van der Waals surface area contributed by atoms with Gasteiger partial charge in [-0.3, -0.25) is 9.48 Å². The summed E-state index contributed by atoms with van der Waals surface area (Å²) in [6.45, 7) is 0.711. The van der Waals surface area contributed by atoms with Gasteiger partial charge in [0.15, 0.2) is 0 Å². The molecule has 0 amide bonds. The molecule has 2 aromatic heterocycles. The van der Waals surface area contributed by atoms with Crippen LogP contribution in [-0.4, -0.2) is 43.1 Å². The number of rotatable bonds is 10. The van der Waals surface area contributed by atoms with Crippen molar-refractivity contribution < 1.29 is 49.0 Å². The number of nitrogens with zero attached hydrogens (tertiary/aromatic N) is 7. The predicted molar refractivity (Wildman–Crippen MR) is 144 cm³/mol. The first kappa shape index (κ1) is 34.2. The molecule has 0 aliphatic carbocycles. The summed E-state index contributed by atoms with van der Waals surface area (Å²) in [7, 11) is 2.56. The van der Waals surface area contributed by atoms with Gasteiger partial charge in [0, 0.05) is 24.8 Å². The van der Waals surface area contributed by atoms with Crippen LogP contribution in [-0.2, 0) is 61.2 Å². The van der Waals surface area contributed by atoms with Gasteiger partial charge in [-0.2, -0.15) is 49.4 Å². The van der Waals surface area contributed by atoms with E-state index in [2.05, 4.69) is 25.2 Å². The third-order valence-corrected chi connectivity index (χ3v) is 6.84. The standard InChI is InChI=1S/C28H26F9N7O2/c1-4-17-15-44(8-7-23(45)46-3)39-24(17)22-6-5-19(26(29,30)31)11-18(22)14-43(25-38-41-42(2)40-25)13-16-9-20(27(32,33)34)12-21(10-16)28(35,36)37/h5-6,9-12,15H,4,7-8,13-14H2,1-3H3. The molecule has 0 atom stereocenters. The Bertz CT molecular complexity index is 1660. The Balaban J connectivity index is 1.84. The van der Waals surface area contributed by atoms with Gasteiger partial charge in [0.2, 0.25) is 0 Å². The first-order valence-corrected chi connectivity index (χ1v) is 13.5. The SMILES string of the molecule is CCc1cn(CCC(=O)OC)nc1-c1ccc(C(F)(F)F)cc1CN(Cc1cc(C(F)(F)F)cc(C(F)(F)F)c1)c1nnn(C)n1. The highest BCUT2D eigenvalue weighted by molar-refractivity contribution is 5.69. The van der Waals surface area contributed by atoms with Crippen molar-refractivity contribution in [3.63, 3.8) is 0 Å². The van der Waals surface area contributed by atoms with Crippen molar-refractivity contribution in [2.45, 2.75) is 57.9 Å². The smallest absolute Gasteiger partial charge is 0.416 e. The van der Waals surface area contributed by atoms with Crippen molar-refractivity contribution in [2.75, 3.05) is 12.0 Å². The van der Waals surface area contributed by atoms with Gasteiger partial charge in [0.25, 0.3) is 5.95 Å². The highest BCUT2D eigenvalue weighted by Crippen LogP contribution is 2.38. The van der Waals surface area contributed by atoms with E-state index < -0.39 is 59.8 Å². The Kier molecular flexibility index (Phi) is 9.67. The topological polar surface area (TPSA) is 91.0 Å². The van der Waals surface area contributed by atoms with Crippen molar-refractivity contribution in [3.05, 3.63) is 76.0 Å². The summed E-state index contributed by atoms with van der Waals surface area (Å²) in [5.74, 6) is -0.781. The van der Waals surface area contributed by atoms with E-state index in [1.807, 2.05) is 0 Å². The zero-order valence-corrected chi connectivity index (χ0v) is 24.4. The number of carbonyl (C=O) groups excluding carboxylic acids is 1. The molecule has 0 N–H and O–H groups in total. The Morgan fingerprint density at radius 1 is 0.848 bits per heavy atom. The number of halogens is 9. The number of anilines is 1. The van der Waals surface area contributed by atoms with Crippen LogP contribution in [0.4, 0.5) is 45.5 Å². The molecular formula is C28H26F9N7O2. The lowest BCUT2D eigenvalue weighted by Crippen LogP contribution is -2.25. The summed E-state index contributed by atoms with van der Waals surface area (Å²) in [5, 5.41) is 15.9. The fourth-order valence-electron chi connectivity index (χ4n) is 4.64. The summed E-state index contributed by atoms with van der Waals surface area (Å²) in [4.78, 5) is 13.7. The summed E-state index contributed by atoms with van der Waals surface area (Å²) >= 11 is 0. The van der Waals surface area contributed by atoms with Gasteiger partial charge in [-0.15, -0.1) is 5.10 Å². The average Bonchev–Trinajstić information content (AvgIpc) is 3.60. The Hall–Kier alpha value is -4.64. The maximum Gasteiger partial charge on any atom is 0.416 e. The lowest BCUT2D eigenvalue weighted by Gasteiger charge is -2.24. The zero-order chi connectivity index (χ0) is 34.0. The lowest BCUT2D eigenvalue weighted by atomic mass is 9.97. The molecule has 46 heavy (non-hydrogen) atoms. The third kappa shape index (κ3) is 8.14. The average molecular weight is 664 g/mol. The van der Waals surface area contributed by atoms with E-state index in [9.17, 15) is 44.3 Å². The van der Waals surface area contributed by atoms with Gasteiger partial charge in [-0.25, -0.2) is 0 Å². The molecule has 0 bridgehead atoms. The number of hydrogen-bond donors (Lipinski definition) is 0. The molecule has 0 radical (unpaired) electrons. The zero-order valence-electron chi connectivity index (χ0n) is 24.4. The number of carbonyl (C=O) groups is 1.